The summed E-state index contributed by atoms with van der Waals surface area (Å²) in [6.45, 7) is 1.71. The SMILES string of the molecule is CS(C)(C)CCOCn1ccnc1-c1nn(COCCS(C)(C)C)c2c(F)c(Cl)ncc12. The second-order valence-corrected chi connectivity index (χ2v) is 18.9. The molecule has 0 saturated heterocycles. The van der Waals surface area contributed by atoms with E-state index in [1.54, 1.807) is 6.20 Å². The van der Waals surface area contributed by atoms with Crippen LogP contribution in [-0.2, 0) is 22.9 Å². The highest BCUT2D eigenvalue weighted by atomic mass is 35.5. The van der Waals surface area contributed by atoms with Gasteiger partial charge >= 0.3 is 0 Å². The van der Waals surface area contributed by atoms with Gasteiger partial charge in [0.25, 0.3) is 0 Å². The largest absolute Gasteiger partial charge is 0.360 e. The van der Waals surface area contributed by atoms with E-state index in [0.29, 0.717) is 36.8 Å². The maximum Gasteiger partial charge on any atom is 0.186 e. The summed E-state index contributed by atoms with van der Waals surface area (Å²) >= 11 is 5.96. The van der Waals surface area contributed by atoms with E-state index in [1.165, 1.54) is 10.9 Å². The van der Waals surface area contributed by atoms with Crippen LogP contribution in [0.3, 0.4) is 0 Å². The molecule has 0 N–H and O–H groups in total. The first kappa shape index (κ1) is 25.3. The average molecular weight is 506 g/mol. The molecule has 11 heteroatoms. The van der Waals surface area contributed by atoms with Crippen LogP contribution in [0.4, 0.5) is 4.39 Å². The molecule has 0 atom stereocenters. The van der Waals surface area contributed by atoms with Gasteiger partial charge in [-0.25, -0.2) is 39.1 Å². The number of aromatic nitrogens is 5. The van der Waals surface area contributed by atoms with Crippen molar-refractivity contribution in [1.29, 1.82) is 0 Å². The van der Waals surface area contributed by atoms with E-state index < -0.39 is 25.9 Å². The third-order valence-corrected chi connectivity index (χ3v) is 7.78. The molecule has 3 heterocycles. The van der Waals surface area contributed by atoms with Crippen LogP contribution in [0.5, 0.6) is 0 Å². The minimum atomic E-state index is -0.678. The van der Waals surface area contributed by atoms with Gasteiger partial charge in [0.15, 0.2) is 16.8 Å². The Kier molecular flexibility index (Phi) is 8.14. The summed E-state index contributed by atoms with van der Waals surface area (Å²) in [6.07, 6.45) is 18.5. The molecule has 3 rings (SSSR count). The number of ether oxygens (including phenoxy) is 2. The minimum absolute atomic E-state index is 0.120. The fourth-order valence-electron chi connectivity index (χ4n) is 2.93. The Morgan fingerprint density at radius 3 is 2.22 bits per heavy atom. The second-order valence-electron chi connectivity index (χ2n) is 9.36. The molecule has 0 amide bonds. The maximum atomic E-state index is 14.9. The minimum Gasteiger partial charge on any atom is -0.360 e. The van der Waals surface area contributed by atoms with E-state index in [9.17, 15) is 4.39 Å². The van der Waals surface area contributed by atoms with Gasteiger partial charge in [-0.05, 0) is 37.5 Å². The van der Waals surface area contributed by atoms with Crippen LogP contribution < -0.4 is 0 Å². The molecule has 0 radical (unpaired) electrons. The molecule has 0 fully saturated rings. The Hall–Kier alpha value is -1.33. The van der Waals surface area contributed by atoms with E-state index in [1.807, 2.05) is 10.8 Å². The van der Waals surface area contributed by atoms with Crippen LogP contribution in [0.25, 0.3) is 22.4 Å². The normalized spacial score (nSPS) is 13.8. The van der Waals surface area contributed by atoms with Gasteiger partial charge in [-0.1, -0.05) is 11.6 Å². The molecule has 0 aliphatic rings. The second kappa shape index (κ2) is 10.3. The monoisotopic (exact) mass is 505 g/mol. The van der Waals surface area contributed by atoms with E-state index >= 15 is 0 Å². The number of nitrogens with zero attached hydrogens (tertiary/aromatic N) is 5. The zero-order valence-electron chi connectivity index (χ0n) is 19.6. The summed E-state index contributed by atoms with van der Waals surface area (Å²) in [5, 5.41) is 4.96. The molecule has 0 unspecified atom stereocenters. The highest BCUT2D eigenvalue weighted by Gasteiger charge is 2.22. The van der Waals surface area contributed by atoms with Crippen molar-refractivity contribution >= 4 is 42.6 Å². The Balaban J connectivity index is 1.85. The number of fused-ring (bicyclic) bond motifs is 1. The lowest BCUT2D eigenvalue weighted by atomic mass is 10.2. The van der Waals surface area contributed by atoms with Gasteiger partial charge < -0.3 is 14.0 Å². The van der Waals surface area contributed by atoms with Gasteiger partial charge in [0, 0.05) is 30.1 Å². The lowest BCUT2D eigenvalue weighted by Gasteiger charge is -2.24. The summed E-state index contributed by atoms with van der Waals surface area (Å²) in [7, 11) is -1.30. The number of pyridine rings is 1. The van der Waals surface area contributed by atoms with Crippen molar-refractivity contribution in [3.05, 3.63) is 29.6 Å². The predicted octanol–water partition coefficient (Wildman–Crippen LogP) is 4.42. The van der Waals surface area contributed by atoms with E-state index in [2.05, 4.69) is 52.6 Å². The average Bonchev–Trinajstić information content (AvgIpc) is 3.28. The highest BCUT2D eigenvalue weighted by molar-refractivity contribution is 8.32. The van der Waals surface area contributed by atoms with Crippen molar-refractivity contribution < 1.29 is 13.9 Å². The molecule has 3 aromatic heterocycles. The third-order valence-electron chi connectivity index (χ3n) is 4.74. The molecule has 0 aliphatic carbocycles. The number of hydrogen-bond donors (Lipinski definition) is 0. The third kappa shape index (κ3) is 6.60. The van der Waals surface area contributed by atoms with Crippen molar-refractivity contribution in [1.82, 2.24) is 24.3 Å². The molecule has 3 aromatic rings. The first-order chi connectivity index (χ1) is 15.0. The highest BCUT2D eigenvalue weighted by Crippen LogP contribution is 2.35. The number of halogens is 2. The van der Waals surface area contributed by atoms with Crippen LogP contribution in [0, 0.1) is 5.82 Å². The summed E-state index contributed by atoms with van der Waals surface area (Å²) in [6, 6.07) is 0. The molecular formula is C21H33ClFN5O2S2. The summed E-state index contributed by atoms with van der Waals surface area (Å²) in [4.78, 5) is 8.44. The topological polar surface area (TPSA) is 67.0 Å². The van der Waals surface area contributed by atoms with E-state index in [4.69, 9.17) is 21.1 Å². The summed E-state index contributed by atoms with van der Waals surface area (Å²) < 4.78 is 30.0. The molecule has 32 heavy (non-hydrogen) atoms. The molecule has 0 aliphatic heterocycles. The lowest BCUT2D eigenvalue weighted by Crippen LogP contribution is -2.12. The quantitative estimate of drug-likeness (QED) is 0.285. The first-order valence-corrected chi connectivity index (χ1v) is 16.6. The van der Waals surface area contributed by atoms with E-state index in [-0.39, 0.29) is 17.4 Å². The molecule has 0 spiro atoms. The van der Waals surface area contributed by atoms with Gasteiger partial charge in [-0.2, -0.15) is 5.10 Å². The van der Waals surface area contributed by atoms with Gasteiger partial charge in [0.1, 0.15) is 24.7 Å². The van der Waals surface area contributed by atoms with Gasteiger partial charge in [-0.3, -0.25) is 0 Å². The molecule has 7 nitrogen and oxygen atoms in total. The first-order valence-electron chi connectivity index (χ1n) is 10.2. The molecule has 0 saturated carbocycles. The fraction of sp³-hybridized carbons (Fsp3) is 0.571. The Labute approximate surface area is 197 Å². The Morgan fingerprint density at radius 1 is 0.969 bits per heavy atom. The Morgan fingerprint density at radius 2 is 1.59 bits per heavy atom. The van der Waals surface area contributed by atoms with Gasteiger partial charge in [-0.15, -0.1) is 0 Å². The predicted molar refractivity (Wildman–Crippen MR) is 136 cm³/mol. The molecule has 0 bridgehead atoms. The van der Waals surface area contributed by atoms with E-state index in [0.717, 1.165) is 11.5 Å². The lowest BCUT2D eigenvalue weighted by molar-refractivity contribution is 0.0836. The van der Waals surface area contributed by atoms with Gasteiger partial charge in [0.05, 0.1) is 18.6 Å². The van der Waals surface area contributed by atoms with Crippen molar-refractivity contribution in [2.45, 2.75) is 13.5 Å². The van der Waals surface area contributed by atoms with Crippen LogP contribution in [-0.4, -0.2) is 86.6 Å². The maximum absolute atomic E-state index is 14.9. The smallest absolute Gasteiger partial charge is 0.186 e. The van der Waals surface area contributed by atoms with Crippen LogP contribution in [0.2, 0.25) is 5.15 Å². The summed E-state index contributed by atoms with van der Waals surface area (Å²) in [5.41, 5.74) is 0.776. The number of imidazole rings is 1. The number of rotatable bonds is 11. The molecular weight excluding hydrogens is 473 g/mol. The standard InChI is InChI=1S/C21H33ClFN5O2S2/c1-31(2,3)11-9-29-14-27-8-7-24-21(27)18-16-13-25-20(22)17(23)19(16)28(26-18)15-30-10-12-32(4,5)6/h7-8,13H,9-12,14-15H2,1-6H3. The zero-order valence-corrected chi connectivity index (χ0v) is 22.0. The van der Waals surface area contributed by atoms with Crippen LogP contribution >= 0.6 is 31.7 Å². The van der Waals surface area contributed by atoms with Crippen LogP contribution in [0.1, 0.15) is 0 Å². The Bertz CT molecular complexity index is 1060. The van der Waals surface area contributed by atoms with Crippen molar-refractivity contribution in [2.75, 3.05) is 62.3 Å². The number of hydrogen-bond acceptors (Lipinski definition) is 5. The van der Waals surface area contributed by atoms with Crippen molar-refractivity contribution in [2.24, 2.45) is 0 Å². The van der Waals surface area contributed by atoms with Gasteiger partial charge in [0.2, 0.25) is 0 Å². The van der Waals surface area contributed by atoms with Crippen molar-refractivity contribution in [3.8, 4) is 11.5 Å². The molecule has 180 valence electrons. The van der Waals surface area contributed by atoms with Crippen molar-refractivity contribution in [3.63, 3.8) is 0 Å². The molecule has 0 aromatic carbocycles. The van der Waals surface area contributed by atoms with Crippen LogP contribution in [0.15, 0.2) is 18.6 Å². The fourth-order valence-corrected chi connectivity index (χ4v) is 4.30. The zero-order chi connectivity index (χ0) is 23.5. The summed E-state index contributed by atoms with van der Waals surface area (Å²) in [5.74, 6) is 1.95.